The van der Waals surface area contributed by atoms with Crippen molar-refractivity contribution >= 4 is 12.4 Å². The molecule has 1 aliphatic heterocycles. The zero-order valence-electron chi connectivity index (χ0n) is 13.0. The number of nitrogens with one attached hydrogen (secondary N) is 1. The first-order valence-corrected chi connectivity index (χ1v) is 7.73. The van der Waals surface area contributed by atoms with Crippen LogP contribution in [0.3, 0.4) is 0 Å². The van der Waals surface area contributed by atoms with Crippen LogP contribution in [0, 0.1) is 0 Å². The van der Waals surface area contributed by atoms with Crippen LogP contribution in [-0.2, 0) is 13.1 Å². The molecular formula is C16H24ClN5. The van der Waals surface area contributed by atoms with Gasteiger partial charge in [-0.3, -0.25) is 14.6 Å². The molecule has 3 rings (SSSR count). The van der Waals surface area contributed by atoms with Gasteiger partial charge in [-0.1, -0.05) is 6.92 Å². The Bertz CT molecular complexity index is 557. The molecule has 1 N–H and O–H groups in total. The number of piperazine rings is 1. The fraction of sp³-hybridized carbons (Fsp3) is 0.500. The molecule has 1 fully saturated rings. The van der Waals surface area contributed by atoms with E-state index in [9.17, 15) is 0 Å². The first-order valence-electron chi connectivity index (χ1n) is 7.73. The molecule has 0 aromatic carbocycles. The number of nitrogens with zero attached hydrogens (tertiary/aromatic N) is 4. The van der Waals surface area contributed by atoms with E-state index in [1.54, 1.807) is 0 Å². The number of hydrogen-bond acceptors (Lipinski definition) is 4. The van der Waals surface area contributed by atoms with Crippen molar-refractivity contribution in [3.8, 4) is 0 Å². The summed E-state index contributed by atoms with van der Waals surface area (Å²) in [6.07, 6.45) is 9.05. The maximum atomic E-state index is 4.43. The number of rotatable bonds is 5. The van der Waals surface area contributed by atoms with E-state index in [4.69, 9.17) is 0 Å². The smallest absolute Gasteiger partial charge is 0.0534 e. The van der Waals surface area contributed by atoms with E-state index in [1.165, 1.54) is 11.1 Å². The van der Waals surface area contributed by atoms with Gasteiger partial charge in [0.15, 0.2) is 0 Å². The highest BCUT2D eigenvalue weighted by Gasteiger charge is 2.23. The lowest BCUT2D eigenvalue weighted by Crippen LogP contribution is -2.45. The van der Waals surface area contributed by atoms with Gasteiger partial charge in [0.25, 0.3) is 0 Å². The fourth-order valence-corrected chi connectivity index (χ4v) is 2.92. The number of hydrogen-bond donors (Lipinski definition) is 1. The lowest BCUT2D eigenvalue weighted by Gasteiger charge is -2.36. The first-order chi connectivity index (χ1) is 10.4. The monoisotopic (exact) mass is 321 g/mol. The third-order valence-electron chi connectivity index (χ3n) is 3.97. The Morgan fingerprint density at radius 1 is 1.32 bits per heavy atom. The van der Waals surface area contributed by atoms with Crippen LogP contribution in [0.4, 0.5) is 0 Å². The predicted molar refractivity (Wildman–Crippen MR) is 90.0 cm³/mol. The van der Waals surface area contributed by atoms with E-state index < -0.39 is 0 Å². The van der Waals surface area contributed by atoms with E-state index in [-0.39, 0.29) is 12.4 Å². The highest BCUT2D eigenvalue weighted by atomic mass is 35.5. The highest BCUT2D eigenvalue weighted by molar-refractivity contribution is 5.85. The maximum absolute atomic E-state index is 4.43. The van der Waals surface area contributed by atoms with Gasteiger partial charge in [-0.05, 0) is 24.1 Å². The number of aromatic nitrogens is 3. The number of halogens is 1. The van der Waals surface area contributed by atoms with E-state index in [2.05, 4.69) is 45.6 Å². The van der Waals surface area contributed by atoms with Crippen molar-refractivity contribution in [3.63, 3.8) is 0 Å². The summed E-state index contributed by atoms with van der Waals surface area (Å²) in [4.78, 5) is 6.65. The Kier molecular flexibility index (Phi) is 6.36. The van der Waals surface area contributed by atoms with Crippen LogP contribution >= 0.6 is 12.4 Å². The van der Waals surface area contributed by atoms with Crippen molar-refractivity contribution in [2.24, 2.45) is 0 Å². The van der Waals surface area contributed by atoms with Crippen molar-refractivity contribution in [3.05, 3.63) is 48.0 Å². The minimum absolute atomic E-state index is 0. The molecule has 0 saturated carbocycles. The van der Waals surface area contributed by atoms with Crippen LogP contribution in [0.2, 0.25) is 0 Å². The van der Waals surface area contributed by atoms with Crippen molar-refractivity contribution in [1.29, 1.82) is 0 Å². The van der Waals surface area contributed by atoms with Gasteiger partial charge < -0.3 is 5.32 Å². The molecule has 1 atom stereocenters. The molecule has 0 spiro atoms. The van der Waals surface area contributed by atoms with E-state index in [0.717, 1.165) is 39.1 Å². The largest absolute Gasteiger partial charge is 0.314 e. The summed E-state index contributed by atoms with van der Waals surface area (Å²) in [5.74, 6) is 0. The Hall–Kier alpha value is -1.43. The van der Waals surface area contributed by atoms with E-state index in [0.29, 0.717) is 6.04 Å². The molecule has 3 heterocycles. The van der Waals surface area contributed by atoms with Crippen LogP contribution in [0.15, 0.2) is 36.9 Å². The molecule has 0 radical (unpaired) electrons. The lowest BCUT2D eigenvalue weighted by molar-refractivity contribution is 0.153. The van der Waals surface area contributed by atoms with Gasteiger partial charge >= 0.3 is 0 Å². The third-order valence-corrected chi connectivity index (χ3v) is 3.97. The molecule has 1 aliphatic rings. The minimum atomic E-state index is 0. The van der Waals surface area contributed by atoms with Crippen LogP contribution in [0.5, 0.6) is 0 Å². The summed E-state index contributed by atoms with van der Waals surface area (Å²) in [7, 11) is 0. The zero-order chi connectivity index (χ0) is 14.5. The fourth-order valence-electron chi connectivity index (χ4n) is 2.92. The molecule has 0 amide bonds. The number of aryl methyl sites for hydroxylation is 1. The summed E-state index contributed by atoms with van der Waals surface area (Å²) in [5.41, 5.74) is 2.63. The van der Waals surface area contributed by atoms with Crippen molar-refractivity contribution in [1.82, 2.24) is 25.0 Å². The van der Waals surface area contributed by atoms with Crippen molar-refractivity contribution < 1.29 is 0 Å². The molecule has 2 aromatic heterocycles. The van der Waals surface area contributed by atoms with Gasteiger partial charge in [0, 0.05) is 62.9 Å². The van der Waals surface area contributed by atoms with E-state index in [1.807, 2.05) is 23.3 Å². The van der Waals surface area contributed by atoms with Gasteiger partial charge in [0.1, 0.15) is 0 Å². The maximum Gasteiger partial charge on any atom is 0.0534 e. The van der Waals surface area contributed by atoms with Gasteiger partial charge in [-0.2, -0.15) is 5.10 Å². The van der Waals surface area contributed by atoms with Gasteiger partial charge in [-0.15, -0.1) is 12.4 Å². The highest BCUT2D eigenvalue weighted by Crippen LogP contribution is 2.23. The molecule has 2 aromatic rings. The molecule has 1 saturated heterocycles. The van der Waals surface area contributed by atoms with Gasteiger partial charge in [0.2, 0.25) is 0 Å². The normalized spacial score (nSPS) is 18.9. The Labute approximate surface area is 138 Å². The summed E-state index contributed by atoms with van der Waals surface area (Å²) in [6.45, 7) is 7.23. The van der Waals surface area contributed by atoms with Gasteiger partial charge in [-0.25, -0.2) is 0 Å². The third kappa shape index (κ3) is 4.06. The van der Waals surface area contributed by atoms with Gasteiger partial charge in [0.05, 0.1) is 6.20 Å². The summed E-state index contributed by atoms with van der Waals surface area (Å²) in [6, 6.07) is 4.65. The molecule has 6 heteroatoms. The molecule has 120 valence electrons. The lowest BCUT2D eigenvalue weighted by atomic mass is 10.0. The minimum Gasteiger partial charge on any atom is -0.314 e. The van der Waals surface area contributed by atoms with Crippen LogP contribution < -0.4 is 5.32 Å². The van der Waals surface area contributed by atoms with Crippen LogP contribution in [-0.4, -0.2) is 39.3 Å². The molecule has 0 bridgehead atoms. The average Bonchev–Trinajstić information content (AvgIpc) is 2.96. The van der Waals surface area contributed by atoms with Crippen molar-refractivity contribution in [2.75, 3.05) is 19.6 Å². The van der Waals surface area contributed by atoms with Crippen LogP contribution in [0.1, 0.15) is 30.5 Å². The zero-order valence-corrected chi connectivity index (χ0v) is 13.8. The standard InChI is InChI=1S/C16H23N5.ClH/c1-2-8-21-13-14(10-19-21)12-20-9-7-18-11-16(20)15-3-5-17-6-4-15;/h3-6,10,13,16,18H,2,7-9,11-12H2,1H3;1H. The summed E-state index contributed by atoms with van der Waals surface area (Å²) in [5, 5.41) is 7.93. The molecular weight excluding hydrogens is 298 g/mol. The SMILES string of the molecule is CCCn1cc(CN2CCNCC2c2ccncc2)cn1.Cl. The van der Waals surface area contributed by atoms with Crippen LogP contribution in [0.25, 0.3) is 0 Å². The second-order valence-corrected chi connectivity index (χ2v) is 5.58. The summed E-state index contributed by atoms with van der Waals surface area (Å²) < 4.78 is 2.04. The Balaban J connectivity index is 0.00000176. The molecule has 22 heavy (non-hydrogen) atoms. The van der Waals surface area contributed by atoms with Crippen molar-refractivity contribution in [2.45, 2.75) is 32.5 Å². The molecule has 0 aliphatic carbocycles. The summed E-state index contributed by atoms with van der Waals surface area (Å²) >= 11 is 0. The first kappa shape index (κ1) is 16.9. The second-order valence-electron chi connectivity index (χ2n) is 5.58. The molecule has 1 unspecified atom stereocenters. The molecule has 5 nitrogen and oxygen atoms in total. The Morgan fingerprint density at radius 3 is 2.91 bits per heavy atom. The van der Waals surface area contributed by atoms with E-state index >= 15 is 0 Å². The second kappa shape index (κ2) is 8.27. The quantitative estimate of drug-likeness (QED) is 0.917. The number of pyridine rings is 1. The predicted octanol–water partition coefficient (Wildman–Crippen LogP) is 2.26. The Morgan fingerprint density at radius 2 is 2.14 bits per heavy atom. The topological polar surface area (TPSA) is 46.0 Å². The average molecular weight is 322 g/mol.